The molecular weight excluding hydrogens is 183 g/mol. The van der Waals surface area contributed by atoms with Crippen LogP contribution in [0, 0.1) is 0 Å². The van der Waals surface area contributed by atoms with Crippen LogP contribution < -0.4 is 5.32 Å². The Morgan fingerprint density at radius 2 is 1.92 bits per heavy atom. The molecule has 0 bridgehead atoms. The molecule has 2 unspecified atom stereocenters. The van der Waals surface area contributed by atoms with Gasteiger partial charge < -0.3 is 10.4 Å². The monoisotopic (exact) mass is 199 g/mol. The van der Waals surface area contributed by atoms with Crippen molar-refractivity contribution in [3.8, 4) is 0 Å². The number of rotatable bonds is 5. The fourth-order valence-corrected chi connectivity index (χ4v) is 1.11. The topological polar surface area (TPSA) is 32.3 Å². The highest BCUT2D eigenvalue weighted by Gasteiger charge is 2.30. The van der Waals surface area contributed by atoms with Gasteiger partial charge in [-0.15, -0.1) is 0 Å². The highest BCUT2D eigenvalue weighted by atomic mass is 19.4. The zero-order valence-electron chi connectivity index (χ0n) is 7.86. The highest BCUT2D eigenvalue weighted by molar-refractivity contribution is 4.71. The van der Waals surface area contributed by atoms with E-state index in [1.54, 1.807) is 0 Å². The fourth-order valence-electron chi connectivity index (χ4n) is 1.11. The molecule has 0 saturated heterocycles. The Morgan fingerprint density at radius 3 is 2.23 bits per heavy atom. The summed E-state index contributed by atoms with van der Waals surface area (Å²) in [6, 6.07) is -0.880. The van der Waals surface area contributed by atoms with Gasteiger partial charge in [-0.05, 0) is 13.3 Å². The molecule has 0 aliphatic carbocycles. The van der Waals surface area contributed by atoms with Crippen molar-refractivity contribution >= 4 is 0 Å². The molecule has 5 heteroatoms. The van der Waals surface area contributed by atoms with Gasteiger partial charge in [-0.3, -0.25) is 0 Å². The van der Waals surface area contributed by atoms with E-state index in [4.69, 9.17) is 5.11 Å². The minimum Gasteiger partial charge on any atom is -0.395 e. The first-order valence-corrected chi connectivity index (χ1v) is 4.32. The maximum atomic E-state index is 11.9. The third-order valence-electron chi connectivity index (χ3n) is 1.77. The molecule has 0 amide bonds. The zero-order valence-corrected chi connectivity index (χ0v) is 7.86. The van der Waals surface area contributed by atoms with E-state index in [1.165, 1.54) is 6.92 Å². The lowest BCUT2D eigenvalue weighted by molar-refractivity contribution is -0.139. The molecule has 80 valence electrons. The van der Waals surface area contributed by atoms with Gasteiger partial charge in [0.15, 0.2) is 0 Å². The van der Waals surface area contributed by atoms with E-state index >= 15 is 0 Å². The summed E-state index contributed by atoms with van der Waals surface area (Å²) in [7, 11) is 0. The highest BCUT2D eigenvalue weighted by Crippen LogP contribution is 2.21. The molecule has 0 heterocycles. The van der Waals surface area contributed by atoms with E-state index < -0.39 is 18.6 Å². The van der Waals surface area contributed by atoms with E-state index in [0.717, 1.165) is 0 Å². The molecular formula is C8H16F3NO. The SMILES string of the molecule is CCC(CO)NC(C)CC(F)(F)F. The summed E-state index contributed by atoms with van der Waals surface area (Å²) in [4.78, 5) is 0. The van der Waals surface area contributed by atoms with Gasteiger partial charge in [0.25, 0.3) is 0 Å². The molecule has 0 aliphatic heterocycles. The summed E-state index contributed by atoms with van der Waals surface area (Å²) in [5, 5.41) is 11.4. The Kier molecular flexibility index (Phi) is 5.32. The van der Waals surface area contributed by atoms with Crippen LogP contribution in [0.25, 0.3) is 0 Å². The quantitative estimate of drug-likeness (QED) is 0.706. The molecule has 0 spiro atoms. The van der Waals surface area contributed by atoms with Crippen LogP contribution in [0.15, 0.2) is 0 Å². The molecule has 0 rings (SSSR count). The second kappa shape index (κ2) is 5.44. The largest absolute Gasteiger partial charge is 0.395 e. The first-order valence-electron chi connectivity index (χ1n) is 4.32. The zero-order chi connectivity index (χ0) is 10.5. The maximum absolute atomic E-state index is 11.9. The molecule has 2 nitrogen and oxygen atoms in total. The van der Waals surface area contributed by atoms with Crippen LogP contribution in [0.4, 0.5) is 13.2 Å². The first kappa shape index (κ1) is 12.7. The van der Waals surface area contributed by atoms with Gasteiger partial charge in [-0.1, -0.05) is 6.92 Å². The Hall–Kier alpha value is -0.290. The smallest absolute Gasteiger partial charge is 0.390 e. The third kappa shape index (κ3) is 6.83. The molecule has 0 aliphatic rings. The minimum absolute atomic E-state index is 0.126. The predicted molar refractivity (Wildman–Crippen MR) is 44.4 cm³/mol. The van der Waals surface area contributed by atoms with Crippen molar-refractivity contribution in [2.45, 2.75) is 44.9 Å². The number of nitrogens with one attached hydrogen (secondary N) is 1. The molecule has 0 aromatic heterocycles. The van der Waals surface area contributed by atoms with Crippen molar-refractivity contribution in [1.29, 1.82) is 0 Å². The second-order valence-corrected chi connectivity index (χ2v) is 3.17. The van der Waals surface area contributed by atoms with Gasteiger partial charge in [0.2, 0.25) is 0 Å². The molecule has 2 atom stereocenters. The molecule has 0 radical (unpaired) electrons. The number of hydrogen-bond donors (Lipinski definition) is 2. The lowest BCUT2D eigenvalue weighted by atomic mass is 10.1. The van der Waals surface area contributed by atoms with Crippen LogP contribution in [0.1, 0.15) is 26.7 Å². The Bertz CT molecular complexity index is 134. The van der Waals surface area contributed by atoms with Crippen molar-refractivity contribution < 1.29 is 18.3 Å². The van der Waals surface area contributed by atoms with E-state index in [0.29, 0.717) is 6.42 Å². The summed E-state index contributed by atoms with van der Waals surface area (Å²) in [5.74, 6) is 0. The van der Waals surface area contributed by atoms with Gasteiger partial charge in [0.05, 0.1) is 13.0 Å². The molecule has 0 aromatic rings. The van der Waals surface area contributed by atoms with Gasteiger partial charge in [-0.2, -0.15) is 13.2 Å². The Balaban J connectivity index is 3.79. The molecule has 2 N–H and O–H groups in total. The summed E-state index contributed by atoms with van der Waals surface area (Å²) < 4.78 is 35.6. The lowest BCUT2D eigenvalue weighted by Crippen LogP contribution is -2.40. The molecule has 0 saturated carbocycles. The second-order valence-electron chi connectivity index (χ2n) is 3.17. The van der Waals surface area contributed by atoms with Crippen LogP contribution in [0.2, 0.25) is 0 Å². The average Bonchev–Trinajstić information content (AvgIpc) is 1.96. The van der Waals surface area contributed by atoms with Gasteiger partial charge in [0.1, 0.15) is 0 Å². The van der Waals surface area contributed by atoms with Crippen LogP contribution >= 0.6 is 0 Å². The summed E-state index contributed by atoms with van der Waals surface area (Å²) in [6.07, 6.45) is -4.37. The first-order chi connectivity index (χ1) is 5.89. The average molecular weight is 199 g/mol. The molecule has 13 heavy (non-hydrogen) atoms. The van der Waals surface area contributed by atoms with Crippen molar-refractivity contribution in [2.24, 2.45) is 0 Å². The van der Waals surface area contributed by atoms with Crippen molar-refractivity contribution in [2.75, 3.05) is 6.61 Å². The number of alkyl halides is 3. The van der Waals surface area contributed by atoms with E-state index in [9.17, 15) is 13.2 Å². The van der Waals surface area contributed by atoms with E-state index in [2.05, 4.69) is 5.32 Å². The summed E-state index contributed by atoms with van der Waals surface area (Å²) in [6.45, 7) is 3.15. The van der Waals surface area contributed by atoms with Gasteiger partial charge >= 0.3 is 6.18 Å². The van der Waals surface area contributed by atoms with E-state index in [1.807, 2.05) is 6.92 Å². The lowest BCUT2D eigenvalue weighted by Gasteiger charge is -2.21. The van der Waals surface area contributed by atoms with Crippen LogP contribution in [0.5, 0.6) is 0 Å². The van der Waals surface area contributed by atoms with Crippen LogP contribution in [-0.2, 0) is 0 Å². The van der Waals surface area contributed by atoms with Crippen LogP contribution in [-0.4, -0.2) is 30.0 Å². The van der Waals surface area contributed by atoms with Gasteiger partial charge in [-0.25, -0.2) is 0 Å². The van der Waals surface area contributed by atoms with Gasteiger partial charge in [0, 0.05) is 12.1 Å². The molecule has 0 fully saturated rings. The van der Waals surface area contributed by atoms with Crippen molar-refractivity contribution in [3.05, 3.63) is 0 Å². The summed E-state index contributed by atoms with van der Waals surface area (Å²) >= 11 is 0. The maximum Gasteiger partial charge on any atom is 0.390 e. The number of aliphatic hydroxyl groups excluding tert-OH is 1. The van der Waals surface area contributed by atoms with Crippen molar-refractivity contribution in [1.82, 2.24) is 5.32 Å². The summed E-state index contributed by atoms with van der Waals surface area (Å²) in [5.41, 5.74) is 0. The van der Waals surface area contributed by atoms with Crippen LogP contribution in [0.3, 0.4) is 0 Å². The predicted octanol–water partition coefficient (Wildman–Crippen LogP) is 1.69. The van der Waals surface area contributed by atoms with E-state index in [-0.39, 0.29) is 12.6 Å². The minimum atomic E-state index is -4.14. The number of hydrogen-bond acceptors (Lipinski definition) is 2. The molecule has 0 aromatic carbocycles. The number of halogens is 3. The Labute approximate surface area is 76.1 Å². The number of aliphatic hydroxyl groups is 1. The fraction of sp³-hybridized carbons (Fsp3) is 1.00. The third-order valence-corrected chi connectivity index (χ3v) is 1.77. The standard InChI is InChI=1S/C8H16F3NO/c1-3-7(5-13)12-6(2)4-8(9,10)11/h6-7,12-13H,3-5H2,1-2H3. The normalized spacial score (nSPS) is 17.1. The Morgan fingerprint density at radius 1 is 1.38 bits per heavy atom. The van der Waals surface area contributed by atoms with Crippen molar-refractivity contribution in [3.63, 3.8) is 0 Å².